The molecule has 3 heterocycles. The quantitative estimate of drug-likeness (QED) is 0.156. The molecule has 0 saturated carbocycles. The minimum Gasteiger partial charge on any atom is -0.452 e. The van der Waals surface area contributed by atoms with Gasteiger partial charge in [-0.2, -0.15) is 0 Å². The number of fused-ring (bicyclic) bond motifs is 9. The summed E-state index contributed by atoms with van der Waals surface area (Å²) < 4.78 is 13.5. The standard InChI is InChI=1S/C58H34N4O2/c1-3-15-38(16-4-1)55-60-56(39-17-5-2-6-18-39)62-57(61-55)40-30-27-36(28-31-40)41-32-33-45(44-22-10-9-21-43(41)44)48-34-49-53(54-52(48)46-23-11-12-25-50(46)63-54)64-58(59-49)47-24-13-19-37-29-26-35-14-7-8-20-42(35)51(37)47/h1-34H. The number of aromatic nitrogens is 4. The molecule has 0 N–H and O–H groups in total. The second-order valence-corrected chi connectivity index (χ2v) is 16.1. The minimum absolute atomic E-state index is 0.559. The maximum Gasteiger partial charge on any atom is 0.228 e. The van der Waals surface area contributed by atoms with E-state index < -0.39 is 0 Å². The molecular formula is C58H34N4O2. The lowest BCUT2D eigenvalue weighted by Crippen LogP contribution is -2.00. The smallest absolute Gasteiger partial charge is 0.228 e. The van der Waals surface area contributed by atoms with Crippen molar-refractivity contribution in [2.45, 2.75) is 0 Å². The number of hydrogen-bond donors (Lipinski definition) is 0. The van der Waals surface area contributed by atoms with Gasteiger partial charge in [-0.15, -0.1) is 0 Å². The van der Waals surface area contributed by atoms with Gasteiger partial charge in [0.15, 0.2) is 28.6 Å². The monoisotopic (exact) mass is 818 g/mol. The Morgan fingerprint density at radius 1 is 0.297 bits per heavy atom. The maximum absolute atomic E-state index is 6.79. The molecule has 0 aliphatic rings. The van der Waals surface area contributed by atoms with Gasteiger partial charge in [0.2, 0.25) is 5.89 Å². The highest BCUT2D eigenvalue weighted by Crippen LogP contribution is 2.46. The largest absolute Gasteiger partial charge is 0.452 e. The van der Waals surface area contributed by atoms with Crippen molar-refractivity contribution in [2.24, 2.45) is 0 Å². The molecule has 13 rings (SSSR count). The Labute approximate surface area is 366 Å². The second-order valence-electron chi connectivity index (χ2n) is 16.1. The van der Waals surface area contributed by atoms with Gasteiger partial charge >= 0.3 is 0 Å². The number of oxazole rings is 1. The number of furan rings is 1. The SMILES string of the molecule is c1ccc(-c2nc(-c3ccccc3)nc(-c3ccc(-c4ccc(-c5cc6nc(-c7cccc8ccc9ccccc9c78)oc6c6oc7ccccc7c56)c5ccccc45)cc3)n2)cc1. The molecule has 0 saturated heterocycles. The lowest BCUT2D eigenvalue weighted by Gasteiger charge is -2.14. The summed E-state index contributed by atoms with van der Waals surface area (Å²) in [7, 11) is 0. The highest BCUT2D eigenvalue weighted by atomic mass is 16.4. The molecule has 0 aliphatic carbocycles. The van der Waals surface area contributed by atoms with Crippen LogP contribution in [-0.4, -0.2) is 19.9 Å². The van der Waals surface area contributed by atoms with E-state index in [1.807, 2.05) is 72.8 Å². The van der Waals surface area contributed by atoms with Crippen LogP contribution in [0.4, 0.5) is 0 Å². The van der Waals surface area contributed by atoms with Gasteiger partial charge in [-0.25, -0.2) is 19.9 Å². The molecule has 6 heteroatoms. The molecule has 10 aromatic carbocycles. The van der Waals surface area contributed by atoms with Crippen molar-refractivity contribution in [2.75, 3.05) is 0 Å². The van der Waals surface area contributed by atoms with E-state index in [1.54, 1.807) is 0 Å². The molecule has 0 fully saturated rings. The Kier molecular flexibility index (Phi) is 8.11. The zero-order valence-corrected chi connectivity index (χ0v) is 34.2. The highest BCUT2D eigenvalue weighted by Gasteiger charge is 2.23. The first-order valence-electron chi connectivity index (χ1n) is 21.4. The second kappa shape index (κ2) is 14.4. The third-order valence-electron chi connectivity index (χ3n) is 12.4. The first kappa shape index (κ1) is 36.0. The summed E-state index contributed by atoms with van der Waals surface area (Å²) in [6, 6.07) is 71.2. The van der Waals surface area contributed by atoms with Crippen LogP contribution < -0.4 is 0 Å². The summed E-state index contributed by atoms with van der Waals surface area (Å²) >= 11 is 0. The molecule has 0 spiro atoms. The molecule has 13 aromatic rings. The Hall–Kier alpha value is -8.74. The van der Waals surface area contributed by atoms with Crippen molar-refractivity contribution in [1.29, 1.82) is 0 Å². The third kappa shape index (κ3) is 5.81. The van der Waals surface area contributed by atoms with Crippen LogP contribution in [0.25, 0.3) is 133 Å². The maximum atomic E-state index is 6.79. The van der Waals surface area contributed by atoms with Gasteiger partial charge in [-0.1, -0.05) is 188 Å². The van der Waals surface area contributed by atoms with E-state index >= 15 is 0 Å². The number of hydrogen-bond acceptors (Lipinski definition) is 6. The summed E-state index contributed by atoms with van der Waals surface area (Å²) in [5.74, 6) is 2.45. The predicted octanol–water partition coefficient (Wildman–Crippen LogP) is 15.4. The van der Waals surface area contributed by atoms with Crippen LogP contribution in [0.1, 0.15) is 0 Å². The first-order valence-corrected chi connectivity index (χ1v) is 21.4. The van der Waals surface area contributed by atoms with Crippen molar-refractivity contribution in [1.82, 2.24) is 19.9 Å². The minimum atomic E-state index is 0.559. The molecule has 0 bridgehead atoms. The Morgan fingerprint density at radius 3 is 1.56 bits per heavy atom. The number of para-hydroxylation sites is 1. The van der Waals surface area contributed by atoms with Crippen molar-refractivity contribution >= 4 is 65.4 Å². The zero-order valence-electron chi connectivity index (χ0n) is 34.2. The van der Waals surface area contributed by atoms with Crippen molar-refractivity contribution in [3.63, 3.8) is 0 Å². The van der Waals surface area contributed by atoms with Gasteiger partial charge in [0.25, 0.3) is 0 Å². The molecule has 0 unspecified atom stereocenters. The van der Waals surface area contributed by atoms with E-state index in [0.29, 0.717) is 34.5 Å². The van der Waals surface area contributed by atoms with E-state index in [-0.39, 0.29) is 0 Å². The van der Waals surface area contributed by atoms with E-state index in [9.17, 15) is 0 Å². The van der Waals surface area contributed by atoms with Gasteiger partial charge in [0.1, 0.15) is 11.1 Å². The zero-order chi connectivity index (χ0) is 42.1. The molecule has 6 nitrogen and oxygen atoms in total. The van der Waals surface area contributed by atoms with Crippen molar-refractivity contribution < 1.29 is 8.83 Å². The average molecular weight is 819 g/mol. The van der Waals surface area contributed by atoms with Crippen LogP contribution >= 0.6 is 0 Å². The van der Waals surface area contributed by atoms with E-state index in [2.05, 4.69) is 133 Å². The molecule has 3 aromatic heterocycles. The molecule has 298 valence electrons. The fraction of sp³-hybridized carbons (Fsp3) is 0. The Balaban J connectivity index is 0.952. The summed E-state index contributed by atoms with van der Waals surface area (Å²) in [6.07, 6.45) is 0. The van der Waals surface area contributed by atoms with Gasteiger partial charge in [-0.3, -0.25) is 0 Å². The van der Waals surface area contributed by atoms with Crippen LogP contribution in [0.3, 0.4) is 0 Å². The molecule has 64 heavy (non-hydrogen) atoms. The number of benzene rings is 10. The molecule has 0 amide bonds. The highest BCUT2D eigenvalue weighted by molar-refractivity contribution is 6.22. The Bertz CT molecular complexity index is 3890. The summed E-state index contributed by atoms with van der Waals surface area (Å²) in [4.78, 5) is 20.0. The van der Waals surface area contributed by atoms with Crippen molar-refractivity contribution in [3.8, 4) is 67.9 Å². The fourth-order valence-electron chi connectivity index (χ4n) is 9.36. The summed E-state index contributed by atoms with van der Waals surface area (Å²) in [5.41, 5.74) is 10.9. The number of rotatable bonds is 6. The van der Waals surface area contributed by atoms with E-state index in [1.165, 1.54) is 5.39 Å². The summed E-state index contributed by atoms with van der Waals surface area (Å²) in [5, 5.41) is 8.86. The normalized spacial score (nSPS) is 11.8. The van der Waals surface area contributed by atoms with Gasteiger partial charge in [0, 0.05) is 38.4 Å². The van der Waals surface area contributed by atoms with Crippen LogP contribution in [0.15, 0.2) is 215 Å². The van der Waals surface area contributed by atoms with Crippen LogP contribution in [0, 0.1) is 0 Å². The Morgan fingerprint density at radius 2 is 0.844 bits per heavy atom. The molecular weight excluding hydrogens is 785 g/mol. The summed E-state index contributed by atoms with van der Waals surface area (Å²) in [6.45, 7) is 0. The third-order valence-corrected chi connectivity index (χ3v) is 12.4. The van der Waals surface area contributed by atoms with Crippen LogP contribution in [0.2, 0.25) is 0 Å². The van der Waals surface area contributed by atoms with Gasteiger partial charge in [0.05, 0.1) is 0 Å². The van der Waals surface area contributed by atoms with E-state index in [4.69, 9.17) is 28.8 Å². The average Bonchev–Trinajstić information content (AvgIpc) is 3.99. The predicted molar refractivity (Wildman–Crippen MR) is 260 cm³/mol. The first-order chi connectivity index (χ1) is 31.7. The van der Waals surface area contributed by atoms with Crippen LogP contribution in [-0.2, 0) is 0 Å². The van der Waals surface area contributed by atoms with Gasteiger partial charge < -0.3 is 8.83 Å². The van der Waals surface area contributed by atoms with Crippen molar-refractivity contribution in [3.05, 3.63) is 206 Å². The molecule has 0 radical (unpaired) electrons. The lowest BCUT2D eigenvalue weighted by molar-refractivity contribution is 0.604. The molecule has 0 atom stereocenters. The molecule has 0 aliphatic heterocycles. The fourth-order valence-corrected chi connectivity index (χ4v) is 9.36. The van der Waals surface area contributed by atoms with Crippen LogP contribution in [0.5, 0.6) is 0 Å². The lowest BCUT2D eigenvalue weighted by atomic mass is 9.90. The van der Waals surface area contributed by atoms with Gasteiger partial charge in [-0.05, 0) is 67.4 Å². The number of nitrogens with zero attached hydrogens (tertiary/aromatic N) is 4. The topological polar surface area (TPSA) is 77.8 Å². The van der Waals surface area contributed by atoms with E-state index in [0.717, 1.165) is 93.3 Å².